The summed E-state index contributed by atoms with van der Waals surface area (Å²) in [6.07, 6.45) is 6.92. The maximum atomic E-state index is 12.7. The lowest BCUT2D eigenvalue weighted by molar-refractivity contribution is 0.153. The fourth-order valence-corrected chi connectivity index (χ4v) is 4.67. The summed E-state index contributed by atoms with van der Waals surface area (Å²) in [4.78, 5) is 0. The Hall–Kier alpha value is 0.440. The predicted octanol–water partition coefficient (Wildman–Crippen LogP) is 5.47. The van der Waals surface area contributed by atoms with E-state index < -0.39 is 7.60 Å². The second-order valence-electron chi connectivity index (χ2n) is 6.23. The van der Waals surface area contributed by atoms with Crippen LogP contribution >= 0.6 is 19.2 Å². The van der Waals surface area contributed by atoms with E-state index in [1.54, 1.807) is 0 Å². The number of rotatable bonds is 9. The van der Waals surface area contributed by atoms with Gasteiger partial charge in [-0.15, -0.1) is 11.6 Å². The minimum absolute atomic E-state index is 0.161. The van der Waals surface area contributed by atoms with Gasteiger partial charge >= 0.3 is 7.60 Å². The average Bonchev–Trinajstić information content (AvgIpc) is 2.42. The van der Waals surface area contributed by atoms with Gasteiger partial charge in [-0.2, -0.15) is 0 Å². The van der Waals surface area contributed by atoms with E-state index in [0.717, 1.165) is 25.7 Å². The fraction of sp³-hybridized carbons (Fsp3) is 1.00. The third-order valence-corrected chi connectivity index (χ3v) is 6.22. The van der Waals surface area contributed by atoms with E-state index in [2.05, 4.69) is 20.8 Å². The lowest BCUT2D eigenvalue weighted by atomic mass is 9.89. The lowest BCUT2D eigenvalue weighted by Crippen LogP contribution is -2.24. The highest BCUT2D eigenvalue weighted by Gasteiger charge is 2.29. The van der Waals surface area contributed by atoms with E-state index in [-0.39, 0.29) is 5.38 Å². The Morgan fingerprint density at radius 1 is 1.25 bits per heavy atom. The van der Waals surface area contributed by atoms with Crippen LogP contribution in [0.15, 0.2) is 0 Å². The second-order valence-corrected chi connectivity index (χ2v) is 8.98. The molecule has 1 aliphatic carbocycles. The van der Waals surface area contributed by atoms with Gasteiger partial charge in [0, 0.05) is 5.38 Å². The van der Waals surface area contributed by atoms with Gasteiger partial charge in [0.1, 0.15) is 0 Å². The van der Waals surface area contributed by atoms with Crippen LogP contribution in [0, 0.1) is 11.8 Å². The molecule has 1 rings (SSSR count). The molecular weight excluding hydrogens is 295 g/mol. The maximum Gasteiger partial charge on any atom is 0.330 e. The van der Waals surface area contributed by atoms with Crippen molar-refractivity contribution in [2.45, 2.75) is 64.7 Å². The molecule has 0 amide bonds. The molecule has 0 heterocycles. The number of halogens is 1. The van der Waals surface area contributed by atoms with Crippen LogP contribution in [0.5, 0.6) is 0 Å². The zero-order valence-corrected chi connectivity index (χ0v) is 14.8. The normalized spacial score (nSPS) is 26.6. The van der Waals surface area contributed by atoms with Crippen molar-refractivity contribution in [2.75, 3.05) is 19.4 Å². The van der Waals surface area contributed by atoms with Crippen molar-refractivity contribution < 1.29 is 13.6 Å². The highest BCUT2D eigenvalue weighted by Crippen LogP contribution is 2.50. The highest BCUT2D eigenvalue weighted by molar-refractivity contribution is 7.53. The zero-order chi connectivity index (χ0) is 15.0. The van der Waals surface area contributed by atoms with Crippen LogP contribution in [0.1, 0.15) is 59.3 Å². The van der Waals surface area contributed by atoms with Crippen molar-refractivity contribution >= 4 is 19.2 Å². The van der Waals surface area contributed by atoms with Gasteiger partial charge in [-0.3, -0.25) is 4.57 Å². The zero-order valence-electron chi connectivity index (χ0n) is 13.1. The summed E-state index contributed by atoms with van der Waals surface area (Å²) < 4.78 is 24.1. The molecule has 120 valence electrons. The molecule has 20 heavy (non-hydrogen) atoms. The maximum absolute atomic E-state index is 12.7. The molecule has 3 atom stereocenters. The average molecular weight is 325 g/mol. The van der Waals surface area contributed by atoms with Gasteiger partial charge < -0.3 is 9.05 Å². The van der Waals surface area contributed by atoms with Crippen LogP contribution in [-0.4, -0.2) is 24.8 Å². The van der Waals surface area contributed by atoms with Gasteiger partial charge in [0.15, 0.2) is 0 Å². The Bertz CT molecular complexity index is 309. The van der Waals surface area contributed by atoms with Gasteiger partial charge in [-0.05, 0) is 31.1 Å². The molecule has 0 N–H and O–H groups in total. The summed E-state index contributed by atoms with van der Waals surface area (Å²) in [6.45, 7) is 7.17. The summed E-state index contributed by atoms with van der Waals surface area (Å²) in [5.74, 6) is 0.687. The first-order valence-electron chi connectivity index (χ1n) is 7.99. The van der Waals surface area contributed by atoms with E-state index >= 15 is 0 Å². The molecule has 0 saturated heterocycles. The Kier molecular flexibility index (Phi) is 8.74. The van der Waals surface area contributed by atoms with Crippen LogP contribution in [0.3, 0.4) is 0 Å². The van der Waals surface area contributed by atoms with Gasteiger partial charge in [-0.1, -0.05) is 40.0 Å². The smallest absolute Gasteiger partial charge is 0.308 e. The van der Waals surface area contributed by atoms with Gasteiger partial charge in [0.2, 0.25) is 0 Å². The number of hydrogen-bond donors (Lipinski definition) is 0. The molecule has 0 bridgehead atoms. The van der Waals surface area contributed by atoms with Crippen molar-refractivity contribution in [2.24, 2.45) is 11.8 Å². The van der Waals surface area contributed by atoms with Crippen molar-refractivity contribution in [3.8, 4) is 0 Å². The fourth-order valence-electron chi connectivity index (χ4n) is 2.34. The monoisotopic (exact) mass is 324 g/mol. The molecule has 5 heteroatoms. The Balaban J connectivity index is 2.47. The Morgan fingerprint density at radius 3 is 2.55 bits per heavy atom. The first kappa shape index (κ1) is 18.5. The molecule has 0 spiro atoms. The highest BCUT2D eigenvalue weighted by atomic mass is 35.5. The predicted molar refractivity (Wildman–Crippen MR) is 85.7 cm³/mol. The summed E-state index contributed by atoms with van der Waals surface area (Å²) in [6, 6.07) is 0. The molecule has 0 aromatic rings. The van der Waals surface area contributed by atoms with Gasteiger partial charge in [0.05, 0.1) is 19.4 Å². The molecule has 3 nitrogen and oxygen atoms in total. The van der Waals surface area contributed by atoms with E-state index in [1.165, 1.54) is 12.8 Å². The summed E-state index contributed by atoms with van der Waals surface area (Å²) in [7, 11) is -2.94. The minimum atomic E-state index is -2.94. The van der Waals surface area contributed by atoms with Crippen LogP contribution in [-0.2, 0) is 13.6 Å². The third kappa shape index (κ3) is 6.93. The van der Waals surface area contributed by atoms with Crippen molar-refractivity contribution in [3.05, 3.63) is 0 Å². The van der Waals surface area contributed by atoms with Crippen LogP contribution in [0.25, 0.3) is 0 Å². The van der Waals surface area contributed by atoms with Crippen LogP contribution in [0.2, 0.25) is 0 Å². The summed E-state index contributed by atoms with van der Waals surface area (Å²) in [5, 5.41) is 0.161. The van der Waals surface area contributed by atoms with Gasteiger partial charge in [0.25, 0.3) is 0 Å². The van der Waals surface area contributed by atoms with Crippen LogP contribution in [0.4, 0.5) is 0 Å². The summed E-state index contributed by atoms with van der Waals surface area (Å²) >= 11 is 6.33. The molecular formula is C15H30ClO3P. The van der Waals surface area contributed by atoms with Crippen molar-refractivity contribution in [1.82, 2.24) is 0 Å². The second kappa shape index (κ2) is 9.46. The quantitative estimate of drug-likeness (QED) is 0.417. The van der Waals surface area contributed by atoms with E-state index in [4.69, 9.17) is 20.6 Å². The lowest BCUT2D eigenvalue weighted by Gasteiger charge is -2.28. The number of unbranched alkanes of at least 4 members (excludes halogenated alkanes) is 1. The molecule has 1 aliphatic rings. The third-order valence-electron chi connectivity index (χ3n) is 3.69. The van der Waals surface area contributed by atoms with E-state index in [9.17, 15) is 4.57 Å². The van der Waals surface area contributed by atoms with Crippen LogP contribution < -0.4 is 0 Å². The standard InChI is InChI=1S/C15H30ClO3P/c1-4-5-10-20(17,18-11-13(2)3)19-12-14-8-6-7-9-15(14)16/h13-15H,4-12H2,1-3H3. The molecule has 0 aromatic heterocycles. The molecule has 0 aliphatic heterocycles. The van der Waals surface area contributed by atoms with E-state index in [1.807, 2.05) is 0 Å². The van der Waals surface area contributed by atoms with Crippen molar-refractivity contribution in [1.29, 1.82) is 0 Å². The molecule has 1 fully saturated rings. The first-order valence-corrected chi connectivity index (χ1v) is 10.2. The Morgan fingerprint density at radius 2 is 1.95 bits per heavy atom. The van der Waals surface area contributed by atoms with Crippen molar-refractivity contribution in [3.63, 3.8) is 0 Å². The molecule has 1 saturated carbocycles. The Labute approximate surface area is 129 Å². The number of hydrogen-bond acceptors (Lipinski definition) is 3. The SMILES string of the molecule is CCCCP(=O)(OCC(C)C)OCC1CCCCC1Cl. The first-order chi connectivity index (χ1) is 9.47. The molecule has 0 aromatic carbocycles. The van der Waals surface area contributed by atoms with Gasteiger partial charge in [-0.25, -0.2) is 0 Å². The number of alkyl halides is 1. The van der Waals surface area contributed by atoms with E-state index in [0.29, 0.717) is 31.2 Å². The topological polar surface area (TPSA) is 35.5 Å². The molecule has 0 radical (unpaired) electrons. The minimum Gasteiger partial charge on any atom is -0.308 e. The molecule has 3 unspecified atom stereocenters. The summed E-state index contributed by atoms with van der Waals surface area (Å²) in [5.41, 5.74) is 0. The largest absolute Gasteiger partial charge is 0.330 e.